The van der Waals surface area contributed by atoms with Crippen molar-refractivity contribution in [1.29, 1.82) is 0 Å². The molecule has 2 aromatic carbocycles. The van der Waals surface area contributed by atoms with Gasteiger partial charge in [-0.1, -0.05) is 29.8 Å². The van der Waals surface area contributed by atoms with Crippen molar-refractivity contribution in [2.75, 3.05) is 13.2 Å². The lowest BCUT2D eigenvalue weighted by Crippen LogP contribution is -2.39. The monoisotopic (exact) mass is 340 g/mol. The Bertz CT molecular complexity index is 784. The van der Waals surface area contributed by atoms with Crippen molar-refractivity contribution in [3.63, 3.8) is 0 Å². The first-order valence-corrected chi connectivity index (χ1v) is 8.03. The number of hydrogen-bond donors (Lipinski definition) is 1. The Morgan fingerprint density at radius 3 is 2.24 bits per heavy atom. The van der Waals surface area contributed by atoms with Crippen LogP contribution in [0.15, 0.2) is 42.5 Å². The average molecular weight is 340 g/mol. The zero-order valence-corrected chi connectivity index (χ0v) is 14.2. The first-order chi connectivity index (χ1) is 12.0. The highest BCUT2D eigenvalue weighted by Crippen LogP contribution is 2.23. The molecule has 0 unspecified atom stereocenters. The highest BCUT2D eigenvalue weighted by Gasteiger charge is 2.36. The van der Waals surface area contributed by atoms with Gasteiger partial charge in [-0.25, -0.2) is 0 Å². The maximum atomic E-state index is 12.2. The van der Waals surface area contributed by atoms with Crippen molar-refractivity contribution in [2.45, 2.75) is 19.9 Å². The number of benzene rings is 2. The van der Waals surface area contributed by atoms with Gasteiger partial charge in [0.2, 0.25) is 0 Å². The summed E-state index contributed by atoms with van der Waals surface area (Å²) in [5.41, 5.74) is 8.83. The molecule has 0 bridgehead atoms. The molecule has 1 heterocycles. The lowest BCUT2D eigenvalue weighted by molar-refractivity contribution is -0.0972. The Hall–Kier alpha value is -2.70. The molecule has 0 aliphatic carbocycles. The molecule has 0 saturated carbocycles. The Morgan fingerprint density at radius 2 is 1.64 bits per heavy atom. The number of ether oxygens (including phenoxy) is 1. The number of nitrogens with two attached hydrogens (primary N) is 1. The molecular weight excluding hydrogens is 320 g/mol. The molecular formula is C19H20N2O4. The van der Waals surface area contributed by atoms with Crippen LogP contribution in [-0.2, 0) is 4.84 Å². The number of imide groups is 1. The maximum Gasteiger partial charge on any atom is 0.285 e. The van der Waals surface area contributed by atoms with Gasteiger partial charge in [-0.15, -0.1) is 5.06 Å². The van der Waals surface area contributed by atoms with E-state index in [9.17, 15) is 9.59 Å². The van der Waals surface area contributed by atoms with Gasteiger partial charge in [0.25, 0.3) is 11.8 Å². The van der Waals surface area contributed by atoms with E-state index in [4.69, 9.17) is 15.3 Å². The van der Waals surface area contributed by atoms with Crippen LogP contribution in [0.3, 0.4) is 0 Å². The first-order valence-electron chi connectivity index (χ1n) is 8.03. The van der Waals surface area contributed by atoms with Gasteiger partial charge in [0.05, 0.1) is 23.8 Å². The molecule has 0 saturated heterocycles. The van der Waals surface area contributed by atoms with E-state index in [2.05, 4.69) is 0 Å². The second-order valence-corrected chi connectivity index (χ2v) is 6.09. The molecule has 3 rings (SSSR count). The highest BCUT2D eigenvalue weighted by molar-refractivity contribution is 6.20. The minimum absolute atomic E-state index is 0.00359. The molecule has 0 radical (unpaired) electrons. The van der Waals surface area contributed by atoms with Gasteiger partial charge in [0.15, 0.2) is 0 Å². The van der Waals surface area contributed by atoms with E-state index in [1.54, 1.807) is 24.3 Å². The minimum Gasteiger partial charge on any atom is -0.492 e. The summed E-state index contributed by atoms with van der Waals surface area (Å²) in [6.07, 6.45) is 0. The summed E-state index contributed by atoms with van der Waals surface area (Å²) in [5.74, 6) is -0.187. The SMILES string of the molecule is Cc1ccc(OC[C@@H](N)CON2C(=O)c3ccccc3C2=O)c(C)c1. The van der Waals surface area contributed by atoms with Crippen LogP contribution in [0, 0.1) is 13.8 Å². The predicted octanol–water partition coefficient (Wildman–Crippen LogP) is 2.24. The van der Waals surface area contributed by atoms with E-state index in [0.29, 0.717) is 11.1 Å². The second-order valence-electron chi connectivity index (χ2n) is 6.09. The fourth-order valence-corrected chi connectivity index (χ4v) is 2.66. The van der Waals surface area contributed by atoms with E-state index in [0.717, 1.165) is 21.9 Å². The molecule has 25 heavy (non-hydrogen) atoms. The smallest absolute Gasteiger partial charge is 0.285 e. The molecule has 2 amide bonds. The third-order valence-electron chi connectivity index (χ3n) is 3.96. The van der Waals surface area contributed by atoms with Crippen molar-refractivity contribution >= 4 is 11.8 Å². The zero-order chi connectivity index (χ0) is 18.0. The molecule has 6 heteroatoms. The lowest BCUT2D eigenvalue weighted by atomic mass is 10.1. The fourth-order valence-electron chi connectivity index (χ4n) is 2.66. The standard InChI is InChI=1S/C19H20N2O4/c1-12-7-8-17(13(2)9-12)24-10-14(20)11-25-21-18(22)15-5-3-4-6-16(15)19(21)23/h3-9,14H,10-11,20H2,1-2H3/t14-/m1/s1. The minimum atomic E-state index is -0.481. The number of amides is 2. The number of hydrogen-bond acceptors (Lipinski definition) is 5. The topological polar surface area (TPSA) is 81.9 Å². The van der Waals surface area contributed by atoms with Gasteiger partial charge in [0, 0.05) is 0 Å². The predicted molar refractivity (Wildman–Crippen MR) is 92.3 cm³/mol. The molecule has 1 aliphatic heterocycles. The Kier molecular flexibility index (Phi) is 4.83. The number of fused-ring (bicyclic) bond motifs is 1. The van der Waals surface area contributed by atoms with Gasteiger partial charge in [0.1, 0.15) is 12.4 Å². The van der Waals surface area contributed by atoms with E-state index >= 15 is 0 Å². The third kappa shape index (κ3) is 3.55. The molecule has 130 valence electrons. The van der Waals surface area contributed by atoms with Gasteiger partial charge >= 0.3 is 0 Å². The summed E-state index contributed by atoms with van der Waals surface area (Å²) in [7, 11) is 0. The molecule has 0 spiro atoms. The number of rotatable bonds is 6. The molecule has 6 nitrogen and oxygen atoms in total. The number of nitrogens with zero attached hydrogens (tertiary/aromatic N) is 1. The van der Waals surface area contributed by atoms with Crippen molar-refractivity contribution in [3.8, 4) is 5.75 Å². The quantitative estimate of drug-likeness (QED) is 0.816. The summed E-state index contributed by atoms with van der Waals surface area (Å²) in [6.45, 7) is 4.19. The average Bonchev–Trinajstić information content (AvgIpc) is 2.84. The number of carbonyl (C=O) groups excluding carboxylic acids is 2. The molecule has 0 aromatic heterocycles. The van der Waals surface area contributed by atoms with Gasteiger partial charge in [-0.05, 0) is 37.6 Å². The largest absolute Gasteiger partial charge is 0.492 e. The van der Waals surface area contributed by atoms with Crippen LogP contribution in [0.5, 0.6) is 5.75 Å². The highest BCUT2D eigenvalue weighted by atomic mass is 16.7. The van der Waals surface area contributed by atoms with E-state index < -0.39 is 17.9 Å². The number of hydroxylamine groups is 2. The molecule has 2 N–H and O–H groups in total. The third-order valence-corrected chi connectivity index (χ3v) is 3.96. The first kappa shape index (κ1) is 17.1. The normalized spacial score (nSPS) is 14.6. The van der Waals surface area contributed by atoms with Gasteiger partial charge < -0.3 is 10.5 Å². The maximum absolute atomic E-state index is 12.2. The van der Waals surface area contributed by atoms with Crippen molar-refractivity contribution < 1.29 is 19.2 Å². The van der Waals surface area contributed by atoms with Crippen LogP contribution in [0.1, 0.15) is 31.8 Å². The second kappa shape index (κ2) is 7.04. The zero-order valence-electron chi connectivity index (χ0n) is 14.2. The summed E-state index contributed by atoms with van der Waals surface area (Å²) in [6, 6.07) is 12.0. The summed E-state index contributed by atoms with van der Waals surface area (Å²) in [4.78, 5) is 29.7. The number of aryl methyl sites for hydroxylation is 2. The molecule has 1 atom stereocenters. The van der Waals surface area contributed by atoms with Crippen LogP contribution in [0.2, 0.25) is 0 Å². The Balaban J connectivity index is 1.54. The van der Waals surface area contributed by atoms with Crippen LogP contribution < -0.4 is 10.5 Å². The summed E-state index contributed by atoms with van der Waals surface area (Å²) >= 11 is 0. The Labute approximate surface area is 146 Å². The van der Waals surface area contributed by atoms with Gasteiger partial charge in [-0.3, -0.25) is 14.4 Å². The van der Waals surface area contributed by atoms with E-state index in [1.165, 1.54) is 0 Å². The van der Waals surface area contributed by atoms with Crippen molar-refractivity contribution in [1.82, 2.24) is 5.06 Å². The number of carbonyl (C=O) groups is 2. The molecule has 1 aliphatic rings. The van der Waals surface area contributed by atoms with Gasteiger partial charge in [-0.2, -0.15) is 0 Å². The van der Waals surface area contributed by atoms with Crippen molar-refractivity contribution in [3.05, 3.63) is 64.7 Å². The van der Waals surface area contributed by atoms with Crippen LogP contribution in [0.4, 0.5) is 0 Å². The van der Waals surface area contributed by atoms with Crippen LogP contribution >= 0.6 is 0 Å². The summed E-state index contributed by atoms with van der Waals surface area (Å²) < 4.78 is 5.69. The fraction of sp³-hybridized carbons (Fsp3) is 0.263. The Morgan fingerprint density at radius 1 is 1.00 bits per heavy atom. The van der Waals surface area contributed by atoms with E-state index in [-0.39, 0.29) is 13.2 Å². The van der Waals surface area contributed by atoms with E-state index in [1.807, 2.05) is 32.0 Å². The van der Waals surface area contributed by atoms with Crippen LogP contribution in [0.25, 0.3) is 0 Å². The molecule has 2 aromatic rings. The molecule has 0 fully saturated rings. The lowest BCUT2D eigenvalue weighted by Gasteiger charge is -2.18. The summed E-state index contributed by atoms with van der Waals surface area (Å²) in [5, 5.41) is 0.766. The van der Waals surface area contributed by atoms with Crippen LogP contribution in [-0.4, -0.2) is 36.1 Å². The van der Waals surface area contributed by atoms with Crippen molar-refractivity contribution in [2.24, 2.45) is 5.73 Å².